The first kappa shape index (κ1) is 18.7. The molecule has 0 bridgehead atoms. The van der Waals surface area contributed by atoms with E-state index in [-0.39, 0.29) is 17.7 Å². The fourth-order valence-corrected chi connectivity index (χ4v) is 4.33. The summed E-state index contributed by atoms with van der Waals surface area (Å²) in [4.78, 5) is 33.8. The molecule has 2 amide bonds. The SMILES string of the molecule is CCCN1CC(C(=O)Nc2ccc(N3CCCC3)c3ncccc23)CCC1=O. The highest BCUT2D eigenvalue weighted by Gasteiger charge is 2.30. The summed E-state index contributed by atoms with van der Waals surface area (Å²) in [7, 11) is 0. The smallest absolute Gasteiger partial charge is 0.229 e. The summed E-state index contributed by atoms with van der Waals surface area (Å²) in [5.74, 6) is -0.00238. The Bertz CT molecular complexity index is 876. The highest BCUT2D eigenvalue weighted by Crippen LogP contribution is 2.33. The number of amides is 2. The molecule has 28 heavy (non-hydrogen) atoms. The minimum Gasteiger partial charge on any atom is -0.370 e. The monoisotopic (exact) mass is 380 g/mol. The number of piperidine rings is 1. The van der Waals surface area contributed by atoms with E-state index in [2.05, 4.69) is 28.2 Å². The molecule has 4 rings (SSSR count). The van der Waals surface area contributed by atoms with E-state index in [1.54, 1.807) is 0 Å². The van der Waals surface area contributed by atoms with Crippen molar-refractivity contribution in [2.75, 3.05) is 36.4 Å². The van der Waals surface area contributed by atoms with Gasteiger partial charge >= 0.3 is 0 Å². The highest BCUT2D eigenvalue weighted by atomic mass is 16.2. The molecule has 148 valence electrons. The van der Waals surface area contributed by atoms with Gasteiger partial charge in [-0.2, -0.15) is 0 Å². The Morgan fingerprint density at radius 2 is 2.07 bits per heavy atom. The van der Waals surface area contributed by atoms with Gasteiger partial charge in [-0.1, -0.05) is 6.92 Å². The highest BCUT2D eigenvalue weighted by molar-refractivity contribution is 6.05. The Hall–Kier alpha value is -2.63. The number of hydrogen-bond donors (Lipinski definition) is 1. The summed E-state index contributed by atoms with van der Waals surface area (Å²) in [5, 5.41) is 4.08. The van der Waals surface area contributed by atoms with Gasteiger partial charge in [-0.3, -0.25) is 14.6 Å². The molecule has 2 aliphatic heterocycles. The third-order valence-corrected chi connectivity index (χ3v) is 5.82. The lowest BCUT2D eigenvalue weighted by molar-refractivity contribution is -0.137. The van der Waals surface area contributed by atoms with Crippen molar-refractivity contribution in [3.8, 4) is 0 Å². The first-order valence-electron chi connectivity index (χ1n) is 10.4. The van der Waals surface area contributed by atoms with Crippen molar-refractivity contribution in [3.63, 3.8) is 0 Å². The van der Waals surface area contributed by atoms with Crippen LogP contribution < -0.4 is 10.2 Å². The van der Waals surface area contributed by atoms with Gasteiger partial charge in [0.1, 0.15) is 0 Å². The van der Waals surface area contributed by atoms with E-state index in [9.17, 15) is 9.59 Å². The van der Waals surface area contributed by atoms with Gasteiger partial charge in [0, 0.05) is 44.2 Å². The van der Waals surface area contributed by atoms with Crippen LogP contribution in [0.5, 0.6) is 0 Å². The number of fused-ring (bicyclic) bond motifs is 1. The molecule has 1 N–H and O–H groups in total. The third-order valence-electron chi connectivity index (χ3n) is 5.82. The number of aromatic nitrogens is 1. The predicted molar refractivity (Wildman–Crippen MR) is 111 cm³/mol. The van der Waals surface area contributed by atoms with Crippen molar-refractivity contribution in [2.24, 2.45) is 5.92 Å². The molecule has 2 saturated heterocycles. The van der Waals surface area contributed by atoms with Gasteiger partial charge < -0.3 is 15.1 Å². The number of carbonyl (C=O) groups is 2. The number of rotatable bonds is 5. The second kappa shape index (κ2) is 8.17. The van der Waals surface area contributed by atoms with E-state index < -0.39 is 0 Å². The van der Waals surface area contributed by atoms with Crippen molar-refractivity contribution in [1.29, 1.82) is 0 Å². The van der Waals surface area contributed by atoms with Gasteiger partial charge in [-0.25, -0.2) is 0 Å². The van der Waals surface area contributed by atoms with Crippen molar-refractivity contribution >= 4 is 34.1 Å². The molecular weight excluding hydrogens is 352 g/mol. The zero-order chi connectivity index (χ0) is 19.5. The summed E-state index contributed by atoms with van der Waals surface area (Å²) >= 11 is 0. The van der Waals surface area contributed by atoms with E-state index in [0.29, 0.717) is 19.4 Å². The van der Waals surface area contributed by atoms with Gasteiger partial charge in [0.15, 0.2) is 0 Å². The van der Waals surface area contributed by atoms with Gasteiger partial charge in [0.25, 0.3) is 0 Å². The molecule has 2 aromatic rings. The molecule has 0 radical (unpaired) electrons. The second-order valence-corrected chi connectivity index (χ2v) is 7.79. The summed E-state index contributed by atoms with van der Waals surface area (Å²) in [6.07, 6.45) is 6.21. The van der Waals surface area contributed by atoms with Crippen LogP contribution >= 0.6 is 0 Å². The van der Waals surface area contributed by atoms with Crippen LogP contribution in [-0.2, 0) is 9.59 Å². The molecule has 1 unspecified atom stereocenters. The van der Waals surface area contributed by atoms with Crippen molar-refractivity contribution < 1.29 is 9.59 Å². The van der Waals surface area contributed by atoms with E-state index in [0.717, 1.165) is 48.3 Å². The lowest BCUT2D eigenvalue weighted by Crippen LogP contribution is -2.44. The molecule has 1 atom stereocenters. The number of pyridine rings is 1. The molecule has 1 aromatic carbocycles. The largest absolute Gasteiger partial charge is 0.370 e. The van der Waals surface area contributed by atoms with Crippen LogP contribution in [0.4, 0.5) is 11.4 Å². The lowest BCUT2D eigenvalue weighted by Gasteiger charge is -2.31. The first-order valence-corrected chi connectivity index (χ1v) is 10.4. The number of likely N-dealkylation sites (tertiary alicyclic amines) is 1. The van der Waals surface area contributed by atoms with Crippen LogP contribution in [0.15, 0.2) is 30.5 Å². The topological polar surface area (TPSA) is 65.5 Å². The summed E-state index contributed by atoms with van der Waals surface area (Å²) in [6, 6.07) is 8.00. The third kappa shape index (κ3) is 3.68. The number of nitrogens with zero attached hydrogens (tertiary/aromatic N) is 3. The summed E-state index contributed by atoms with van der Waals surface area (Å²) in [5.41, 5.74) is 2.88. The average molecular weight is 380 g/mol. The van der Waals surface area contributed by atoms with Gasteiger partial charge in [-0.05, 0) is 49.9 Å². The predicted octanol–water partition coefficient (Wildman–Crippen LogP) is 3.42. The molecule has 6 heteroatoms. The lowest BCUT2D eigenvalue weighted by atomic mass is 9.96. The zero-order valence-corrected chi connectivity index (χ0v) is 16.5. The maximum atomic E-state index is 12.9. The Labute approximate surface area is 165 Å². The Morgan fingerprint density at radius 3 is 2.86 bits per heavy atom. The number of benzene rings is 1. The van der Waals surface area contributed by atoms with Crippen LogP contribution in [0.2, 0.25) is 0 Å². The van der Waals surface area contributed by atoms with Crippen LogP contribution in [0.3, 0.4) is 0 Å². The van der Waals surface area contributed by atoms with E-state index in [1.807, 2.05) is 29.3 Å². The van der Waals surface area contributed by atoms with Gasteiger partial charge in [0.05, 0.1) is 22.8 Å². The molecule has 3 heterocycles. The fraction of sp³-hybridized carbons (Fsp3) is 0.500. The van der Waals surface area contributed by atoms with Gasteiger partial charge in [0.2, 0.25) is 11.8 Å². The van der Waals surface area contributed by atoms with Crippen molar-refractivity contribution in [3.05, 3.63) is 30.5 Å². The van der Waals surface area contributed by atoms with Crippen LogP contribution in [-0.4, -0.2) is 47.9 Å². The summed E-state index contributed by atoms with van der Waals surface area (Å²) < 4.78 is 0. The minimum atomic E-state index is -0.158. The number of carbonyl (C=O) groups excluding carboxylic acids is 2. The Morgan fingerprint density at radius 1 is 1.25 bits per heavy atom. The molecule has 1 aromatic heterocycles. The van der Waals surface area contributed by atoms with Crippen LogP contribution in [0.25, 0.3) is 10.9 Å². The normalized spacial score (nSPS) is 20.0. The van der Waals surface area contributed by atoms with E-state index in [1.165, 1.54) is 12.8 Å². The van der Waals surface area contributed by atoms with E-state index in [4.69, 9.17) is 0 Å². The van der Waals surface area contributed by atoms with Crippen LogP contribution in [0.1, 0.15) is 39.0 Å². The maximum Gasteiger partial charge on any atom is 0.229 e. The molecular formula is C22H28N4O2. The Balaban J connectivity index is 1.55. The fourth-order valence-electron chi connectivity index (χ4n) is 4.33. The van der Waals surface area contributed by atoms with E-state index >= 15 is 0 Å². The second-order valence-electron chi connectivity index (χ2n) is 7.79. The molecule has 0 aliphatic carbocycles. The zero-order valence-electron chi connectivity index (χ0n) is 16.5. The number of nitrogens with one attached hydrogen (secondary N) is 1. The first-order chi connectivity index (χ1) is 13.7. The molecule has 2 aliphatic rings. The Kier molecular flexibility index (Phi) is 5.46. The molecule has 0 saturated carbocycles. The summed E-state index contributed by atoms with van der Waals surface area (Å²) in [6.45, 7) is 5.40. The molecule has 2 fully saturated rings. The minimum absolute atomic E-state index is 0.00678. The molecule has 0 spiro atoms. The van der Waals surface area contributed by atoms with Crippen molar-refractivity contribution in [1.82, 2.24) is 9.88 Å². The number of hydrogen-bond acceptors (Lipinski definition) is 4. The van der Waals surface area contributed by atoms with Crippen LogP contribution in [0, 0.1) is 5.92 Å². The molecule has 6 nitrogen and oxygen atoms in total. The van der Waals surface area contributed by atoms with Gasteiger partial charge in [-0.15, -0.1) is 0 Å². The average Bonchev–Trinajstić information content (AvgIpc) is 3.24. The maximum absolute atomic E-state index is 12.9. The standard InChI is InChI=1S/C22H28N4O2/c1-2-12-26-15-16(7-10-20(26)27)22(28)24-18-8-9-19(25-13-3-4-14-25)21-17(18)6-5-11-23-21/h5-6,8-9,11,16H,2-4,7,10,12-15H2,1H3,(H,24,28). The van der Waals surface area contributed by atoms with Crippen molar-refractivity contribution in [2.45, 2.75) is 39.0 Å². The quantitative estimate of drug-likeness (QED) is 0.863. The number of anilines is 2.